The monoisotopic (exact) mass is 361 g/mol. The normalized spacial score (nSPS) is 26.2. The van der Waals surface area contributed by atoms with Gasteiger partial charge in [-0.05, 0) is 43.9 Å². The number of piperidine rings is 1. The number of fused-ring (bicyclic) bond motifs is 1. The van der Waals surface area contributed by atoms with Gasteiger partial charge < -0.3 is 9.88 Å². The van der Waals surface area contributed by atoms with E-state index in [9.17, 15) is 13.2 Å². The van der Waals surface area contributed by atoms with E-state index in [1.807, 2.05) is 17.0 Å². The zero-order chi connectivity index (χ0) is 17.6. The van der Waals surface area contributed by atoms with E-state index in [1.165, 1.54) is 5.56 Å². The molecule has 25 heavy (non-hydrogen) atoms. The summed E-state index contributed by atoms with van der Waals surface area (Å²) in [6.45, 7) is 3.38. The van der Waals surface area contributed by atoms with Crippen molar-refractivity contribution in [2.24, 2.45) is 5.92 Å². The molecular formula is C18H23N3O3S. The zero-order valence-corrected chi connectivity index (χ0v) is 15.2. The molecule has 0 bridgehead atoms. The first-order valence-corrected chi connectivity index (χ1v) is 10.7. The fourth-order valence-electron chi connectivity index (χ4n) is 3.99. The summed E-state index contributed by atoms with van der Waals surface area (Å²) in [5, 5.41) is 0. The van der Waals surface area contributed by atoms with Crippen LogP contribution >= 0.6 is 0 Å². The van der Waals surface area contributed by atoms with E-state index < -0.39 is 9.84 Å². The van der Waals surface area contributed by atoms with Gasteiger partial charge in [0, 0.05) is 19.0 Å². The third-order valence-electron chi connectivity index (χ3n) is 5.36. The molecule has 0 spiro atoms. The minimum absolute atomic E-state index is 0.00210. The molecule has 6 nitrogen and oxygen atoms in total. The molecule has 1 aromatic carbocycles. The number of aryl methyl sites for hydroxylation is 1. The first-order chi connectivity index (χ1) is 11.9. The Balaban J connectivity index is 1.51. The third kappa shape index (κ3) is 3.29. The van der Waals surface area contributed by atoms with Gasteiger partial charge in [0.1, 0.15) is 5.82 Å². The summed E-state index contributed by atoms with van der Waals surface area (Å²) >= 11 is 0. The first-order valence-electron chi connectivity index (χ1n) is 8.87. The smallest absolute Gasteiger partial charge is 0.226 e. The lowest BCUT2D eigenvalue weighted by molar-refractivity contribution is -0.136. The molecule has 2 atom stereocenters. The Morgan fingerprint density at radius 1 is 1.32 bits per heavy atom. The Labute approximate surface area is 147 Å². The molecule has 134 valence electrons. The van der Waals surface area contributed by atoms with Gasteiger partial charge in [-0.15, -0.1) is 0 Å². The van der Waals surface area contributed by atoms with E-state index in [0.29, 0.717) is 19.5 Å². The molecule has 2 saturated heterocycles. The maximum atomic E-state index is 12.7. The number of amides is 1. The second kappa shape index (κ2) is 6.12. The Bertz CT molecular complexity index is 919. The summed E-state index contributed by atoms with van der Waals surface area (Å²) in [6.07, 6.45) is 2.38. The van der Waals surface area contributed by atoms with Crippen LogP contribution in [0.5, 0.6) is 0 Å². The van der Waals surface area contributed by atoms with Crippen molar-refractivity contribution in [1.82, 2.24) is 14.9 Å². The number of carbonyl (C=O) groups excluding carboxylic acids is 1. The molecule has 0 unspecified atom stereocenters. The molecule has 2 aliphatic rings. The number of benzene rings is 1. The topological polar surface area (TPSA) is 83.1 Å². The number of nitrogens with zero attached hydrogens (tertiary/aromatic N) is 2. The fraction of sp³-hybridized carbons (Fsp3) is 0.556. The van der Waals surface area contributed by atoms with Crippen LogP contribution in [0.1, 0.15) is 36.6 Å². The van der Waals surface area contributed by atoms with Crippen molar-refractivity contribution in [2.45, 2.75) is 32.1 Å². The van der Waals surface area contributed by atoms with Gasteiger partial charge in [-0.1, -0.05) is 6.07 Å². The van der Waals surface area contributed by atoms with Crippen molar-refractivity contribution in [2.75, 3.05) is 24.6 Å². The van der Waals surface area contributed by atoms with Gasteiger partial charge in [-0.3, -0.25) is 4.79 Å². The van der Waals surface area contributed by atoms with E-state index in [0.717, 1.165) is 29.7 Å². The van der Waals surface area contributed by atoms with E-state index in [2.05, 4.69) is 18.0 Å². The van der Waals surface area contributed by atoms with Crippen LogP contribution in [0.2, 0.25) is 0 Å². The van der Waals surface area contributed by atoms with Gasteiger partial charge in [-0.25, -0.2) is 13.4 Å². The minimum atomic E-state index is -3.03. The molecule has 0 aliphatic carbocycles. The Kier molecular flexibility index (Phi) is 4.06. The van der Waals surface area contributed by atoms with E-state index in [1.54, 1.807) is 0 Å². The van der Waals surface area contributed by atoms with Gasteiger partial charge in [0.25, 0.3) is 0 Å². The lowest BCUT2D eigenvalue weighted by Crippen LogP contribution is -2.42. The van der Waals surface area contributed by atoms with E-state index in [4.69, 9.17) is 4.98 Å². The number of sulfone groups is 1. The summed E-state index contributed by atoms with van der Waals surface area (Å²) in [6, 6.07) is 6.14. The van der Waals surface area contributed by atoms with Crippen molar-refractivity contribution in [3.63, 3.8) is 0 Å². The average molecular weight is 361 g/mol. The number of H-pyrrole nitrogens is 1. The Hall–Kier alpha value is -1.89. The van der Waals surface area contributed by atoms with Crippen molar-refractivity contribution in [1.29, 1.82) is 0 Å². The number of aromatic nitrogens is 2. The quantitative estimate of drug-likeness (QED) is 0.887. The molecule has 7 heteroatoms. The predicted molar refractivity (Wildman–Crippen MR) is 96.1 cm³/mol. The van der Waals surface area contributed by atoms with Crippen LogP contribution in [-0.4, -0.2) is 53.8 Å². The summed E-state index contributed by atoms with van der Waals surface area (Å²) in [5.74, 6) is 0.904. The molecule has 2 aromatic rings. The van der Waals surface area contributed by atoms with Crippen molar-refractivity contribution >= 4 is 26.8 Å². The molecule has 2 fully saturated rings. The SMILES string of the molecule is Cc1ccc2nc([C@@H]3CCCN(C(=O)[C@H]4CCS(=O)(=O)C4)C3)[nH]c2c1. The molecule has 0 saturated carbocycles. The fourth-order valence-corrected chi connectivity index (χ4v) is 5.72. The highest BCUT2D eigenvalue weighted by atomic mass is 32.2. The molecule has 4 rings (SSSR count). The standard InChI is InChI=1S/C18H23N3O3S/c1-12-4-5-15-16(9-12)20-17(19-15)13-3-2-7-21(10-13)18(22)14-6-8-25(23,24)11-14/h4-5,9,13-14H,2-3,6-8,10-11H2,1H3,(H,19,20)/t13-,14+/m1/s1. The number of hydrogen-bond acceptors (Lipinski definition) is 4. The molecular weight excluding hydrogens is 338 g/mol. The van der Waals surface area contributed by atoms with Crippen molar-refractivity contribution in [3.05, 3.63) is 29.6 Å². The zero-order valence-electron chi connectivity index (χ0n) is 14.4. The van der Waals surface area contributed by atoms with Gasteiger partial charge in [0.2, 0.25) is 5.91 Å². The highest BCUT2D eigenvalue weighted by Gasteiger charge is 2.37. The number of hydrogen-bond donors (Lipinski definition) is 1. The van der Waals surface area contributed by atoms with Crippen LogP contribution in [0, 0.1) is 12.8 Å². The third-order valence-corrected chi connectivity index (χ3v) is 7.13. The Morgan fingerprint density at radius 3 is 2.92 bits per heavy atom. The van der Waals surface area contributed by atoms with Crippen molar-refractivity contribution in [3.8, 4) is 0 Å². The summed E-state index contributed by atoms with van der Waals surface area (Å²) < 4.78 is 23.3. The molecule has 1 N–H and O–H groups in total. The van der Waals surface area contributed by atoms with Gasteiger partial charge >= 0.3 is 0 Å². The van der Waals surface area contributed by atoms with Gasteiger partial charge in [0.15, 0.2) is 9.84 Å². The first kappa shape index (κ1) is 16.6. The summed E-state index contributed by atoms with van der Waals surface area (Å²) in [4.78, 5) is 22.7. The summed E-state index contributed by atoms with van der Waals surface area (Å²) in [5.41, 5.74) is 3.16. The van der Waals surface area contributed by atoms with Crippen LogP contribution in [-0.2, 0) is 14.6 Å². The molecule has 3 heterocycles. The van der Waals surface area contributed by atoms with Crippen LogP contribution in [0.3, 0.4) is 0 Å². The lowest BCUT2D eigenvalue weighted by atomic mass is 9.95. The lowest BCUT2D eigenvalue weighted by Gasteiger charge is -2.33. The second-order valence-electron chi connectivity index (χ2n) is 7.37. The highest BCUT2D eigenvalue weighted by Crippen LogP contribution is 2.29. The van der Waals surface area contributed by atoms with Gasteiger partial charge in [-0.2, -0.15) is 0 Å². The average Bonchev–Trinajstić information content (AvgIpc) is 3.17. The highest BCUT2D eigenvalue weighted by molar-refractivity contribution is 7.91. The largest absolute Gasteiger partial charge is 0.342 e. The van der Waals surface area contributed by atoms with E-state index in [-0.39, 0.29) is 29.2 Å². The van der Waals surface area contributed by atoms with Gasteiger partial charge in [0.05, 0.1) is 28.5 Å². The number of nitrogens with one attached hydrogen (secondary N) is 1. The summed E-state index contributed by atoms with van der Waals surface area (Å²) in [7, 11) is -3.03. The maximum absolute atomic E-state index is 12.7. The number of likely N-dealkylation sites (tertiary alicyclic amines) is 1. The molecule has 0 radical (unpaired) electrons. The van der Waals surface area contributed by atoms with Crippen LogP contribution in [0.25, 0.3) is 11.0 Å². The van der Waals surface area contributed by atoms with E-state index >= 15 is 0 Å². The number of rotatable bonds is 2. The second-order valence-corrected chi connectivity index (χ2v) is 9.59. The molecule has 1 aromatic heterocycles. The molecule has 2 aliphatic heterocycles. The number of imidazole rings is 1. The van der Waals surface area contributed by atoms with Crippen LogP contribution in [0.15, 0.2) is 18.2 Å². The Morgan fingerprint density at radius 2 is 2.16 bits per heavy atom. The van der Waals surface area contributed by atoms with Crippen molar-refractivity contribution < 1.29 is 13.2 Å². The number of aromatic amines is 1. The predicted octanol–water partition coefficient (Wildman–Crippen LogP) is 2.01. The number of carbonyl (C=O) groups is 1. The minimum Gasteiger partial charge on any atom is -0.342 e. The van der Waals surface area contributed by atoms with Crippen LogP contribution < -0.4 is 0 Å². The van der Waals surface area contributed by atoms with Crippen LogP contribution in [0.4, 0.5) is 0 Å². The molecule has 1 amide bonds. The maximum Gasteiger partial charge on any atom is 0.226 e.